The molecule has 2 amide bonds. The van der Waals surface area contributed by atoms with Crippen molar-refractivity contribution in [1.29, 1.82) is 0 Å². The van der Waals surface area contributed by atoms with Gasteiger partial charge >= 0.3 is 0 Å². The number of carbonyl (C=O) groups is 2. The van der Waals surface area contributed by atoms with E-state index in [4.69, 9.17) is 9.26 Å². The maximum absolute atomic E-state index is 13.1. The number of anilines is 2. The average Bonchev–Trinajstić information content (AvgIpc) is 3.37. The molecule has 7 heteroatoms. The Morgan fingerprint density at radius 3 is 2.88 bits per heavy atom. The second-order valence-corrected chi connectivity index (χ2v) is 6.98. The zero-order valence-corrected chi connectivity index (χ0v) is 14.1. The van der Waals surface area contributed by atoms with Crippen LogP contribution in [0.1, 0.15) is 5.76 Å². The van der Waals surface area contributed by atoms with Gasteiger partial charge in [0, 0.05) is 11.8 Å². The molecule has 4 atom stereocenters. The first-order chi connectivity index (χ1) is 12.6. The van der Waals surface area contributed by atoms with E-state index >= 15 is 0 Å². The molecule has 5 rings (SSSR count). The SMILES string of the molecule is Cc1cc(N2C[C@]34C=C[C@@H](O3)[C@@H](C(=O)Nc3ccccc3)[C@H]4C2=O)no1. The van der Waals surface area contributed by atoms with Gasteiger partial charge in [-0.05, 0) is 19.1 Å². The molecule has 7 nitrogen and oxygen atoms in total. The molecule has 1 spiro atoms. The number of nitrogens with zero attached hydrogens (tertiary/aromatic N) is 2. The number of fused-ring (bicyclic) bond motifs is 1. The number of benzene rings is 1. The Bertz CT molecular complexity index is 922. The molecule has 0 unspecified atom stereocenters. The van der Waals surface area contributed by atoms with Gasteiger partial charge in [-0.1, -0.05) is 35.5 Å². The molecule has 2 aromatic rings. The van der Waals surface area contributed by atoms with Gasteiger partial charge in [-0.2, -0.15) is 0 Å². The number of aryl methyl sites for hydroxylation is 1. The summed E-state index contributed by atoms with van der Waals surface area (Å²) in [5.41, 5.74) is -0.0689. The molecule has 2 saturated heterocycles. The Kier molecular flexibility index (Phi) is 3.12. The Balaban J connectivity index is 1.45. The van der Waals surface area contributed by atoms with Crippen LogP contribution in [0.4, 0.5) is 11.5 Å². The van der Waals surface area contributed by atoms with Gasteiger partial charge in [0.15, 0.2) is 5.82 Å². The number of ether oxygens (including phenoxy) is 1. The third-order valence-electron chi connectivity index (χ3n) is 5.34. The summed E-state index contributed by atoms with van der Waals surface area (Å²) >= 11 is 0. The summed E-state index contributed by atoms with van der Waals surface area (Å²) < 4.78 is 11.2. The van der Waals surface area contributed by atoms with Crippen LogP contribution in [0.2, 0.25) is 0 Å². The van der Waals surface area contributed by atoms with Crippen molar-refractivity contribution < 1.29 is 18.8 Å². The number of hydrogen-bond donors (Lipinski definition) is 1. The van der Waals surface area contributed by atoms with E-state index in [1.54, 1.807) is 17.9 Å². The van der Waals surface area contributed by atoms with Crippen LogP contribution in [0, 0.1) is 18.8 Å². The first-order valence-electron chi connectivity index (χ1n) is 8.55. The van der Waals surface area contributed by atoms with E-state index in [1.165, 1.54) is 0 Å². The average molecular weight is 351 g/mol. The smallest absolute Gasteiger partial charge is 0.235 e. The molecule has 0 aliphatic carbocycles. The van der Waals surface area contributed by atoms with E-state index in [-0.39, 0.29) is 17.9 Å². The largest absolute Gasteiger partial charge is 0.360 e. The molecule has 3 aliphatic heterocycles. The third kappa shape index (κ3) is 2.07. The van der Waals surface area contributed by atoms with Crippen LogP contribution in [0.25, 0.3) is 0 Å². The highest BCUT2D eigenvalue weighted by atomic mass is 16.5. The van der Waals surface area contributed by atoms with E-state index in [2.05, 4.69) is 10.5 Å². The predicted octanol–water partition coefficient (Wildman–Crippen LogP) is 1.91. The van der Waals surface area contributed by atoms with Gasteiger partial charge in [-0.15, -0.1) is 0 Å². The maximum atomic E-state index is 13.1. The lowest BCUT2D eigenvalue weighted by Crippen LogP contribution is -2.41. The lowest BCUT2D eigenvalue weighted by molar-refractivity contribution is -0.128. The second-order valence-electron chi connectivity index (χ2n) is 6.98. The molecule has 1 aromatic heterocycles. The molecule has 4 heterocycles. The van der Waals surface area contributed by atoms with Crippen molar-refractivity contribution in [2.24, 2.45) is 11.8 Å². The Labute approximate surface area is 149 Å². The summed E-state index contributed by atoms with van der Waals surface area (Å²) in [5, 5.41) is 6.84. The van der Waals surface area contributed by atoms with Gasteiger partial charge < -0.3 is 14.6 Å². The minimum Gasteiger partial charge on any atom is -0.360 e. The maximum Gasteiger partial charge on any atom is 0.235 e. The molecule has 26 heavy (non-hydrogen) atoms. The topological polar surface area (TPSA) is 84.7 Å². The number of hydrogen-bond acceptors (Lipinski definition) is 5. The van der Waals surface area contributed by atoms with Crippen molar-refractivity contribution in [3.63, 3.8) is 0 Å². The lowest BCUT2D eigenvalue weighted by Gasteiger charge is -2.23. The molecule has 2 bridgehead atoms. The van der Waals surface area contributed by atoms with Gasteiger partial charge in [0.25, 0.3) is 0 Å². The van der Waals surface area contributed by atoms with Crippen molar-refractivity contribution >= 4 is 23.3 Å². The fourth-order valence-electron chi connectivity index (χ4n) is 4.22. The van der Waals surface area contributed by atoms with Crippen molar-refractivity contribution in [1.82, 2.24) is 5.16 Å². The first kappa shape index (κ1) is 15.3. The Hall–Kier alpha value is -2.93. The number of para-hydroxylation sites is 1. The normalized spacial score (nSPS) is 31.5. The molecule has 132 valence electrons. The van der Waals surface area contributed by atoms with E-state index in [0.29, 0.717) is 23.8 Å². The molecule has 0 saturated carbocycles. The van der Waals surface area contributed by atoms with Crippen LogP contribution in [0.5, 0.6) is 0 Å². The highest BCUT2D eigenvalue weighted by Gasteiger charge is 2.67. The number of aromatic nitrogens is 1. The quantitative estimate of drug-likeness (QED) is 0.854. The summed E-state index contributed by atoms with van der Waals surface area (Å²) in [4.78, 5) is 27.6. The molecule has 0 radical (unpaired) electrons. The van der Waals surface area contributed by atoms with Gasteiger partial charge in [0.1, 0.15) is 11.4 Å². The van der Waals surface area contributed by atoms with Crippen molar-refractivity contribution in [3.05, 3.63) is 54.3 Å². The zero-order chi connectivity index (χ0) is 17.9. The fraction of sp³-hybridized carbons (Fsp3) is 0.316. The monoisotopic (exact) mass is 351 g/mol. The summed E-state index contributed by atoms with van der Waals surface area (Å²) in [6.07, 6.45) is 3.42. The van der Waals surface area contributed by atoms with E-state index in [9.17, 15) is 9.59 Å². The highest BCUT2D eigenvalue weighted by Crippen LogP contribution is 2.52. The van der Waals surface area contributed by atoms with Crippen LogP contribution < -0.4 is 10.2 Å². The molecular weight excluding hydrogens is 334 g/mol. The van der Waals surface area contributed by atoms with Gasteiger partial charge in [0.2, 0.25) is 11.8 Å². The van der Waals surface area contributed by atoms with Gasteiger partial charge in [-0.25, -0.2) is 0 Å². The Morgan fingerprint density at radius 1 is 1.35 bits per heavy atom. The molecule has 3 aliphatic rings. The molecule has 2 fully saturated rings. The fourth-order valence-corrected chi connectivity index (χ4v) is 4.22. The summed E-state index contributed by atoms with van der Waals surface area (Å²) in [5.74, 6) is -0.397. The number of carbonyl (C=O) groups excluding carboxylic acids is 2. The van der Waals surface area contributed by atoms with Crippen LogP contribution in [0.15, 0.2) is 53.1 Å². The number of nitrogens with one attached hydrogen (secondary N) is 1. The number of amides is 2. The summed E-state index contributed by atoms with van der Waals surface area (Å²) in [6, 6.07) is 10.9. The van der Waals surface area contributed by atoms with Gasteiger partial charge in [0.05, 0.1) is 24.5 Å². The highest BCUT2D eigenvalue weighted by molar-refractivity contribution is 6.05. The van der Waals surface area contributed by atoms with Crippen LogP contribution >= 0.6 is 0 Å². The van der Waals surface area contributed by atoms with Crippen LogP contribution in [-0.2, 0) is 14.3 Å². The zero-order valence-electron chi connectivity index (χ0n) is 14.1. The van der Waals surface area contributed by atoms with Crippen molar-refractivity contribution in [2.75, 3.05) is 16.8 Å². The number of rotatable bonds is 3. The van der Waals surface area contributed by atoms with E-state index in [0.717, 1.165) is 0 Å². The predicted molar refractivity (Wildman–Crippen MR) is 92.4 cm³/mol. The summed E-state index contributed by atoms with van der Waals surface area (Å²) in [6.45, 7) is 2.11. The first-order valence-corrected chi connectivity index (χ1v) is 8.55. The van der Waals surface area contributed by atoms with Crippen LogP contribution in [0.3, 0.4) is 0 Å². The lowest BCUT2D eigenvalue weighted by atomic mass is 9.77. The minimum absolute atomic E-state index is 0.154. The summed E-state index contributed by atoms with van der Waals surface area (Å²) in [7, 11) is 0. The van der Waals surface area contributed by atoms with E-state index < -0.39 is 17.4 Å². The minimum atomic E-state index is -0.771. The molecule has 1 N–H and O–H groups in total. The van der Waals surface area contributed by atoms with Crippen molar-refractivity contribution in [3.8, 4) is 0 Å². The Morgan fingerprint density at radius 2 is 2.15 bits per heavy atom. The third-order valence-corrected chi connectivity index (χ3v) is 5.34. The standard InChI is InChI=1S/C19H17N3O4/c1-11-9-14(21-26-11)22-10-19-8-7-13(25-19)15(16(19)18(22)24)17(23)20-12-5-3-2-4-6-12/h2-9,13,15-16H,10H2,1H3,(H,20,23)/t13-,15-,16+,19+/m1/s1. The van der Waals surface area contributed by atoms with Gasteiger partial charge in [-0.3, -0.25) is 14.5 Å². The van der Waals surface area contributed by atoms with Crippen molar-refractivity contribution in [2.45, 2.75) is 18.6 Å². The molecule has 1 aromatic carbocycles. The molecular formula is C19H17N3O4. The van der Waals surface area contributed by atoms with Crippen LogP contribution in [-0.4, -0.2) is 35.2 Å². The second kappa shape index (κ2) is 5.28. The van der Waals surface area contributed by atoms with E-state index in [1.807, 2.05) is 42.5 Å².